The number of thiol groups is 2. The lowest BCUT2D eigenvalue weighted by Crippen LogP contribution is -2.62. The lowest BCUT2D eigenvalue weighted by Gasteiger charge is -2.29. The van der Waals surface area contributed by atoms with Crippen LogP contribution >= 0.6 is 25.3 Å². The van der Waals surface area contributed by atoms with Gasteiger partial charge in [0.05, 0.1) is 19.0 Å². The zero-order valence-corrected chi connectivity index (χ0v) is 66.8. The number of phenolic OH excluding ortho intramolecular Hbond substituents is 2. The number of aromatic hydroxyl groups is 2. The quantitative estimate of drug-likeness (QED) is 0.00745. The number of nitrogens with two attached hydrogens (primary N) is 2. The lowest BCUT2D eigenvalue weighted by molar-refractivity contribution is -0.139. The fourth-order valence-electron chi connectivity index (χ4n) is 12.5. The Kier molecular flexibility index (Phi) is 36.0. The van der Waals surface area contributed by atoms with Gasteiger partial charge in [0.2, 0.25) is 76.8 Å². The Morgan fingerprint density at radius 2 is 0.808 bits per heavy atom. The largest absolute Gasteiger partial charge is 0.508 e. The van der Waals surface area contributed by atoms with Gasteiger partial charge in [-0.15, -0.1) is 0 Å². The van der Waals surface area contributed by atoms with E-state index in [1.54, 1.807) is 54.7 Å². The molecule has 13 amide bonds. The van der Waals surface area contributed by atoms with Crippen LogP contribution in [0.15, 0.2) is 122 Å². The number of aromatic nitrogens is 4. The molecular weight excluding hydrogens is 1610 g/mol. The van der Waals surface area contributed by atoms with E-state index in [9.17, 15) is 93.0 Å². The topological polar surface area (TPSA) is 670 Å². The van der Waals surface area contributed by atoms with Crippen molar-refractivity contribution in [2.45, 2.75) is 163 Å². The molecule has 0 aliphatic carbocycles. The Bertz CT molecular complexity index is 4780. The third-order valence-electron chi connectivity index (χ3n) is 18.9. The number of imidazole rings is 1. The molecule has 0 saturated heterocycles. The summed E-state index contributed by atoms with van der Waals surface area (Å²) in [5, 5.41) is 102. The molecule has 0 aliphatic rings. The second-order valence-electron chi connectivity index (χ2n) is 28.0. The van der Waals surface area contributed by atoms with E-state index in [1.807, 2.05) is 0 Å². The number of hydrogen-bond acceptors (Lipinski definition) is 23. The van der Waals surface area contributed by atoms with E-state index in [0.29, 0.717) is 44.1 Å². The smallest absolute Gasteiger partial charge is 0.303 e. The van der Waals surface area contributed by atoms with Crippen LogP contribution < -0.4 is 80.6 Å². The number of H-pyrrole nitrogens is 3. The van der Waals surface area contributed by atoms with E-state index < -0.39 is 224 Å². The molecule has 0 saturated carbocycles. The number of para-hydroxylation sites is 2. The predicted molar refractivity (Wildman–Crippen MR) is 437 cm³/mol. The Labute approximate surface area is 696 Å². The van der Waals surface area contributed by atoms with Crippen molar-refractivity contribution in [1.82, 2.24) is 89.1 Å². The van der Waals surface area contributed by atoms with Gasteiger partial charge in [0.15, 0.2) is 5.96 Å². The number of phenols is 2. The predicted octanol–water partition coefficient (Wildman–Crippen LogP) is -4.15. The number of carbonyl (C=O) groups is 15. The molecule has 7 aromatic rings. The summed E-state index contributed by atoms with van der Waals surface area (Å²) in [5.74, 6) is -18.2. The first-order valence-corrected chi connectivity index (χ1v) is 39.0. The van der Waals surface area contributed by atoms with Crippen molar-refractivity contribution < 1.29 is 103 Å². The second-order valence-corrected chi connectivity index (χ2v) is 28.8. The molecule has 3 heterocycles. The molecular formula is C77H98N20O21S2. The van der Waals surface area contributed by atoms with Crippen LogP contribution in [-0.2, 0) is 104 Å². The molecule has 43 heteroatoms. The van der Waals surface area contributed by atoms with E-state index in [-0.39, 0.29) is 61.6 Å². The molecule has 0 fully saturated rings. The fourth-order valence-corrected chi connectivity index (χ4v) is 13.0. The number of aromatic amines is 3. The number of carboxylic acid groups (broad SMARTS) is 2. The number of rotatable bonds is 48. The van der Waals surface area contributed by atoms with Gasteiger partial charge in [0.25, 0.3) is 0 Å². The zero-order chi connectivity index (χ0) is 87.9. The van der Waals surface area contributed by atoms with Crippen LogP contribution in [0.25, 0.3) is 21.8 Å². The van der Waals surface area contributed by atoms with Crippen molar-refractivity contribution >= 4 is 142 Å². The maximum atomic E-state index is 15.3. The van der Waals surface area contributed by atoms with Crippen LogP contribution in [0.1, 0.15) is 80.3 Å². The fraction of sp³-hybridized carbons (Fsp3) is 0.390. The third-order valence-corrected chi connectivity index (χ3v) is 19.6. The monoisotopic (exact) mass is 1700 g/mol. The van der Waals surface area contributed by atoms with Gasteiger partial charge >= 0.3 is 11.9 Å². The minimum Gasteiger partial charge on any atom is -0.508 e. The highest BCUT2D eigenvalue weighted by molar-refractivity contribution is 7.80. The zero-order valence-electron chi connectivity index (χ0n) is 65.0. The Morgan fingerprint density at radius 1 is 0.450 bits per heavy atom. The van der Waals surface area contributed by atoms with Crippen molar-refractivity contribution in [3.05, 3.63) is 150 Å². The molecule has 4 aromatic carbocycles. The lowest BCUT2D eigenvalue weighted by atomic mass is 10.0. The van der Waals surface area contributed by atoms with Crippen LogP contribution in [0.5, 0.6) is 11.5 Å². The molecule has 3 aromatic heterocycles. The second kappa shape index (κ2) is 46.0. The molecule has 120 heavy (non-hydrogen) atoms. The number of amides is 13. The Morgan fingerprint density at radius 3 is 1.19 bits per heavy atom. The maximum Gasteiger partial charge on any atom is 0.303 e. The average Bonchev–Trinajstić information content (AvgIpc) is 1.66. The van der Waals surface area contributed by atoms with Gasteiger partial charge in [-0.25, -0.2) is 4.98 Å². The number of aliphatic hydroxyl groups excluding tert-OH is 2. The standard InChI is InChI=1S/C77H98N20O21S2/c1-38(99)64(97-68(110)51(12-7-25-82-77(79)80)87-74(116)60(35-119)86-39(2)100)76(118)94-57(29-43-32-84-50-11-6-4-9-48(43)50)71(113)88-53(22-24-63(105)106)67(109)96-61(36-120)75(117)91-54(26-40-13-17-45(101)18-14-40)69(111)92-56(28-42-31-83-49-10-5-3-8-47(42)49)72(114)93-58(30-44-33-81-37-85-44)73(115)89-52(21-23-62(103)104)66(108)90-55(27-41-15-19-46(102)20-16-41)70(112)95-59(34-98)65(78)107/h3-6,8-11,13-20,31-33,37-38,51-61,64,83-84,98-99,101-102,119-120H,7,12,21-30,34-36H2,1-2H3,(H2,78,107)(H,81,85)(H,86,100)(H,87,116)(H,88,113)(H,89,115)(H,90,108)(H,91,117)(H,92,111)(H,93,114)(H,94,118)(H,95,112)(H,96,109)(H,97,110)(H,103,104)(H,105,106)(H4,79,80,82)/t38-,51+,52+,53+,54+,55+,56+,57+,58+,59+,60+,61+,64+/m1/s1. The summed E-state index contributed by atoms with van der Waals surface area (Å²) in [4.78, 5) is 222. The first-order chi connectivity index (χ1) is 57.1. The van der Waals surface area contributed by atoms with Gasteiger partial charge in [-0.1, -0.05) is 60.7 Å². The molecule has 0 bridgehead atoms. The van der Waals surface area contributed by atoms with Crippen LogP contribution in [0.2, 0.25) is 0 Å². The summed E-state index contributed by atoms with van der Waals surface area (Å²) in [7, 11) is 0. The van der Waals surface area contributed by atoms with Crippen molar-refractivity contribution in [1.29, 1.82) is 5.41 Å². The number of nitrogens with one attached hydrogen (secondary N) is 17. The van der Waals surface area contributed by atoms with Crippen molar-refractivity contribution in [3.63, 3.8) is 0 Å². The van der Waals surface area contributed by atoms with Crippen LogP contribution in [0, 0.1) is 5.41 Å². The van der Waals surface area contributed by atoms with Gasteiger partial charge in [0, 0.05) is 116 Å². The van der Waals surface area contributed by atoms with E-state index in [0.717, 1.165) is 13.8 Å². The van der Waals surface area contributed by atoms with Gasteiger partial charge in [-0.05, 0) is 91.3 Å². The van der Waals surface area contributed by atoms with Crippen LogP contribution in [-0.4, -0.2) is 249 Å². The summed E-state index contributed by atoms with van der Waals surface area (Å²) in [5.41, 5.74) is 13.6. The highest BCUT2D eigenvalue weighted by Gasteiger charge is 2.39. The number of aliphatic carboxylic acids is 2. The summed E-state index contributed by atoms with van der Waals surface area (Å²) in [6, 6.07) is 4.11. The molecule has 0 radical (unpaired) electrons. The molecule has 27 N–H and O–H groups in total. The van der Waals surface area contributed by atoms with Gasteiger partial charge in [0.1, 0.15) is 84.0 Å². The number of carbonyl (C=O) groups excluding carboxylic acids is 13. The highest BCUT2D eigenvalue weighted by Crippen LogP contribution is 2.23. The minimum absolute atomic E-state index is 0.0395. The van der Waals surface area contributed by atoms with Crippen molar-refractivity contribution in [2.24, 2.45) is 11.5 Å². The van der Waals surface area contributed by atoms with E-state index >= 15 is 9.59 Å². The first-order valence-electron chi connectivity index (χ1n) is 37.7. The molecule has 0 aliphatic heterocycles. The Balaban J connectivity index is 1.17. The molecule has 7 rings (SSSR count). The van der Waals surface area contributed by atoms with Crippen LogP contribution in [0.3, 0.4) is 0 Å². The van der Waals surface area contributed by atoms with Gasteiger partial charge < -0.3 is 126 Å². The number of aliphatic hydroxyl groups is 2. The Hall–Kier alpha value is -13.3. The molecule has 13 atom stereocenters. The SMILES string of the molecule is CC(=O)N[C@@H](CS)C(=O)N[C@@H](CCCNC(=N)N)C(=O)N[C@H](C(=O)N[C@@H](Cc1c[nH]c2ccccc12)C(=O)N[C@@H](CCC(=O)O)C(=O)N[C@@H](CS)C(=O)N[C@@H](Cc1ccc(O)cc1)C(=O)N[C@@H](Cc1c[nH]c2ccccc12)C(=O)N[C@@H](Cc1cnc[nH]1)C(=O)N[C@@H](CCC(=O)O)C(=O)N[C@@H](Cc1ccc(O)cc1)C(=O)N[C@@H](CO)C(N)=O)[C@@H](C)O. The van der Waals surface area contributed by atoms with Gasteiger partial charge in [-0.3, -0.25) is 77.3 Å². The number of primary amides is 1. The number of fused-ring (bicyclic) bond motifs is 2. The molecule has 41 nitrogen and oxygen atoms in total. The van der Waals surface area contributed by atoms with Crippen molar-refractivity contribution in [2.75, 3.05) is 24.7 Å². The number of guanidine groups is 1. The van der Waals surface area contributed by atoms with E-state index in [4.69, 9.17) is 16.9 Å². The van der Waals surface area contributed by atoms with Crippen LogP contribution in [0.4, 0.5) is 0 Å². The molecule has 0 unspecified atom stereocenters. The maximum absolute atomic E-state index is 15.3. The third kappa shape index (κ3) is 29.1. The number of carboxylic acids is 2. The summed E-state index contributed by atoms with van der Waals surface area (Å²) in [6.45, 7) is 1.37. The average molecular weight is 1700 g/mol. The van der Waals surface area contributed by atoms with E-state index in [1.165, 1.54) is 67.3 Å². The first kappa shape index (κ1) is 93.9. The normalized spacial score (nSPS) is 14.4. The summed E-state index contributed by atoms with van der Waals surface area (Å²) >= 11 is 8.49. The highest BCUT2D eigenvalue weighted by atomic mass is 32.1. The molecule has 644 valence electrons. The van der Waals surface area contributed by atoms with E-state index in [2.05, 4.69) is 114 Å². The van der Waals surface area contributed by atoms with Crippen molar-refractivity contribution in [3.8, 4) is 11.5 Å². The van der Waals surface area contributed by atoms with Gasteiger partial charge in [-0.2, -0.15) is 25.3 Å². The minimum atomic E-state index is -1.90. The number of benzene rings is 4. The number of nitrogens with zero attached hydrogens (tertiary/aromatic N) is 1. The molecule has 0 spiro atoms. The summed E-state index contributed by atoms with van der Waals surface area (Å²) in [6.07, 6.45) is -0.988. The summed E-state index contributed by atoms with van der Waals surface area (Å²) < 4.78 is 0. The number of hydrogen-bond donors (Lipinski definition) is 27.